The summed E-state index contributed by atoms with van der Waals surface area (Å²) in [7, 11) is 1.63. The fourth-order valence-electron chi connectivity index (χ4n) is 2.27. The van der Waals surface area contributed by atoms with E-state index in [1.807, 2.05) is 25.1 Å². The molecular formula is C15H24N2O2S. The van der Waals surface area contributed by atoms with E-state index in [2.05, 4.69) is 18.7 Å². The fourth-order valence-corrected chi connectivity index (χ4v) is 2.56. The minimum atomic E-state index is -0.0791. The maximum atomic E-state index is 5.93. The van der Waals surface area contributed by atoms with Crippen molar-refractivity contribution in [1.82, 2.24) is 4.90 Å². The average molecular weight is 296 g/mol. The summed E-state index contributed by atoms with van der Waals surface area (Å²) in [4.78, 5) is 2.69. The van der Waals surface area contributed by atoms with E-state index in [0.29, 0.717) is 17.3 Å². The van der Waals surface area contributed by atoms with Gasteiger partial charge in [-0.15, -0.1) is 0 Å². The van der Waals surface area contributed by atoms with Crippen LogP contribution in [0, 0.1) is 0 Å². The van der Waals surface area contributed by atoms with Crippen LogP contribution in [-0.2, 0) is 0 Å². The first kappa shape index (κ1) is 16.7. The van der Waals surface area contributed by atoms with Crippen molar-refractivity contribution in [2.75, 3.05) is 26.8 Å². The van der Waals surface area contributed by atoms with Gasteiger partial charge in [-0.2, -0.15) is 0 Å². The number of nitrogens with two attached hydrogens (primary N) is 1. The molecule has 1 atom stereocenters. The van der Waals surface area contributed by atoms with E-state index in [-0.39, 0.29) is 6.04 Å². The molecule has 20 heavy (non-hydrogen) atoms. The number of methoxy groups -OCH3 is 1. The Balaban J connectivity index is 3.17. The number of likely N-dealkylation sites (N-methyl/N-ethyl adjacent to an activating group) is 1. The van der Waals surface area contributed by atoms with Gasteiger partial charge in [-0.1, -0.05) is 32.1 Å². The number of ether oxygens (including phenoxy) is 2. The predicted octanol–water partition coefficient (Wildman–Crippen LogP) is 2.76. The number of benzene rings is 1. The zero-order valence-corrected chi connectivity index (χ0v) is 13.5. The molecule has 0 heterocycles. The molecule has 0 aromatic heterocycles. The third-order valence-corrected chi connectivity index (χ3v) is 3.47. The Morgan fingerprint density at radius 3 is 2.35 bits per heavy atom. The molecule has 1 aromatic rings. The fraction of sp³-hybridized carbons (Fsp3) is 0.533. The lowest BCUT2D eigenvalue weighted by Crippen LogP contribution is -2.36. The summed E-state index contributed by atoms with van der Waals surface area (Å²) in [6.45, 7) is 8.51. The molecule has 0 radical (unpaired) electrons. The van der Waals surface area contributed by atoms with Gasteiger partial charge in [0, 0.05) is 0 Å². The highest BCUT2D eigenvalue weighted by Gasteiger charge is 2.22. The van der Waals surface area contributed by atoms with Gasteiger partial charge in [0.2, 0.25) is 0 Å². The summed E-state index contributed by atoms with van der Waals surface area (Å²) in [6.07, 6.45) is 0. The van der Waals surface area contributed by atoms with E-state index >= 15 is 0 Å². The van der Waals surface area contributed by atoms with Crippen LogP contribution in [0.15, 0.2) is 18.2 Å². The van der Waals surface area contributed by atoms with Crippen LogP contribution in [0.3, 0.4) is 0 Å². The Labute approximate surface area is 126 Å². The molecule has 0 aliphatic carbocycles. The van der Waals surface area contributed by atoms with Gasteiger partial charge in [-0.25, -0.2) is 0 Å². The highest BCUT2D eigenvalue weighted by molar-refractivity contribution is 7.80. The monoisotopic (exact) mass is 296 g/mol. The van der Waals surface area contributed by atoms with Crippen LogP contribution >= 0.6 is 12.2 Å². The molecule has 0 bridgehead atoms. The molecule has 0 saturated heterocycles. The van der Waals surface area contributed by atoms with Gasteiger partial charge in [0.05, 0.1) is 24.7 Å². The second-order valence-corrected chi connectivity index (χ2v) is 4.84. The smallest absolute Gasteiger partial charge is 0.161 e. The Hall–Kier alpha value is -1.33. The summed E-state index contributed by atoms with van der Waals surface area (Å²) in [5.41, 5.74) is 6.96. The first-order valence-electron chi connectivity index (χ1n) is 6.93. The molecule has 1 unspecified atom stereocenters. The molecular weight excluding hydrogens is 272 g/mol. The number of nitrogens with zero attached hydrogens (tertiary/aromatic N) is 1. The van der Waals surface area contributed by atoms with Crippen LogP contribution in [0.5, 0.6) is 11.5 Å². The average Bonchev–Trinajstić information content (AvgIpc) is 2.45. The molecule has 0 spiro atoms. The van der Waals surface area contributed by atoms with Crippen molar-refractivity contribution >= 4 is 17.2 Å². The predicted molar refractivity (Wildman–Crippen MR) is 86.6 cm³/mol. The van der Waals surface area contributed by atoms with Crippen molar-refractivity contribution < 1.29 is 9.47 Å². The normalized spacial score (nSPS) is 12.2. The molecule has 5 heteroatoms. The largest absolute Gasteiger partial charge is 0.493 e. The van der Waals surface area contributed by atoms with E-state index in [0.717, 1.165) is 24.4 Å². The van der Waals surface area contributed by atoms with E-state index < -0.39 is 0 Å². The quantitative estimate of drug-likeness (QED) is 0.748. The molecule has 1 rings (SSSR count). The minimum absolute atomic E-state index is 0.0791. The van der Waals surface area contributed by atoms with Crippen molar-refractivity contribution in [3.8, 4) is 11.5 Å². The third kappa shape index (κ3) is 3.84. The SMILES string of the molecule is CCOc1ccc(C(C(N)=S)N(CC)CC)cc1OC. The van der Waals surface area contributed by atoms with Crippen molar-refractivity contribution in [2.45, 2.75) is 26.8 Å². The molecule has 2 N–H and O–H groups in total. The van der Waals surface area contributed by atoms with Gasteiger partial charge in [0.15, 0.2) is 11.5 Å². The third-order valence-electron chi connectivity index (χ3n) is 3.25. The summed E-state index contributed by atoms with van der Waals surface area (Å²) in [6, 6.07) is 5.78. The second-order valence-electron chi connectivity index (χ2n) is 4.37. The van der Waals surface area contributed by atoms with Crippen LogP contribution in [0.25, 0.3) is 0 Å². The number of hydrogen-bond donors (Lipinski definition) is 1. The lowest BCUT2D eigenvalue weighted by molar-refractivity contribution is 0.270. The molecule has 0 aliphatic heterocycles. The topological polar surface area (TPSA) is 47.7 Å². The van der Waals surface area contributed by atoms with Gasteiger partial charge in [0.1, 0.15) is 0 Å². The van der Waals surface area contributed by atoms with E-state index in [1.165, 1.54) is 0 Å². The molecule has 0 fully saturated rings. The summed E-state index contributed by atoms with van der Waals surface area (Å²) < 4.78 is 10.9. The van der Waals surface area contributed by atoms with Crippen LogP contribution < -0.4 is 15.2 Å². The Kier molecular flexibility index (Phi) is 6.75. The van der Waals surface area contributed by atoms with Crippen molar-refractivity contribution in [3.05, 3.63) is 23.8 Å². The molecule has 4 nitrogen and oxygen atoms in total. The van der Waals surface area contributed by atoms with E-state index in [9.17, 15) is 0 Å². The standard InChI is InChI=1S/C15H24N2O2S/c1-5-17(6-2)14(15(16)20)11-8-9-12(19-7-3)13(10-11)18-4/h8-10,14H,5-7H2,1-4H3,(H2,16,20). The van der Waals surface area contributed by atoms with Gasteiger partial charge in [0.25, 0.3) is 0 Å². The number of hydrogen-bond acceptors (Lipinski definition) is 4. The zero-order valence-electron chi connectivity index (χ0n) is 12.7. The lowest BCUT2D eigenvalue weighted by Gasteiger charge is -2.29. The first-order valence-corrected chi connectivity index (χ1v) is 7.33. The first-order chi connectivity index (χ1) is 9.58. The Morgan fingerprint density at radius 1 is 1.25 bits per heavy atom. The van der Waals surface area contributed by atoms with E-state index in [1.54, 1.807) is 7.11 Å². The lowest BCUT2D eigenvalue weighted by atomic mass is 10.0. The van der Waals surface area contributed by atoms with Crippen molar-refractivity contribution in [1.29, 1.82) is 0 Å². The van der Waals surface area contributed by atoms with Crippen molar-refractivity contribution in [2.24, 2.45) is 5.73 Å². The van der Waals surface area contributed by atoms with Gasteiger partial charge < -0.3 is 15.2 Å². The van der Waals surface area contributed by atoms with Crippen LogP contribution in [0.4, 0.5) is 0 Å². The molecule has 112 valence electrons. The summed E-state index contributed by atoms with van der Waals surface area (Å²) in [5, 5.41) is 0. The summed E-state index contributed by atoms with van der Waals surface area (Å²) in [5.74, 6) is 1.44. The number of thiocarbonyl (C=S) groups is 1. The Bertz CT molecular complexity index is 447. The molecule has 0 saturated carbocycles. The maximum absolute atomic E-state index is 5.93. The molecule has 0 aliphatic rings. The van der Waals surface area contributed by atoms with E-state index in [4.69, 9.17) is 27.4 Å². The Morgan fingerprint density at radius 2 is 1.90 bits per heavy atom. The van der Waals surface area contributed by atoms with Crippen LogP contribution in [0.2, 0.25) is 0 Å². The van der Waals surface area contributed by atoms with Gasteiger partial charge in [-0.05, 0) is 37.7 Å². The highest BCUT2D eigenvalue weighted by Crippen LogP contribution is 2.32. The van der Waals surface area contributed by atoms with Gasteiger partial charge >= 0.3 is 0 Å². The van der Waals surface area contributed by atoms with Gasteiger partial charge in [-0.3, -0.25) is 4.90 Å². The maximum Gasteiger partial charge on any atom is 0.161 e. The minimum Gasteiger partial charge on any atom is -0.493 e. The zero-order chi connectivity index (χ0) is 15.1. The second kappa shape index (κ2) is 8.07. The summed E-state index contributed by atoms with van der Waals surface area (Å²) >= 11 is 5.24. The molecule has 0 amide bonds. The van der Waals surface area contributed by atoms with Crippen LogP contribution in [-0.4, -0.2) is 36.7 Å². The highest BCUT2D eigenvalue weighted by atomic mass is 32.1. The molecule has 1 aromatic carbocycles. The van der Waals surface area contributed by atoms with Crippen LogP contribution in [0.1, 0.15) is 32.4 Å². The van der Waals surface area contributed by atoms with Crippen molar-refractivity contribution in [3.63, 3.8) is 0 Å². The number of rotatable bonds is 8.